The molecule has 0 atom stereocenters. The zero-order valence-electron chi connectivity index (χ0n) is 11.1. The standard InChI is InChI=1S/C14H18N2O2S/c1-9(2)18-6-5-16-14(17)13-8-10-7-11(15)3-4-12(10)19-13/h3-4,7-9H,5-6,15H2,1-2H3,(H,16,17). The van der Waals surface area contributed by atoms with Crippen LogP contribution in [0.15, 0.2) is 24.3 Å². The van der Waals surface area contributed by atoms with Gasteiger partial charge in [0.1, 0.15) is 0 Å². The highest BCUT2D eigenvalue weighted by molar-refractivity contribution is 7.20. The number of nitrogens with one attached hydrogen (secondary N) is 1. The molecule has 0 spiro atoms. The summed E-state index contributed by atoms with van der Waals surface area (Å²) >= 11 is 1.47. The summed E-state index contributed by atoms with van der Waals surface area (Å²) in [5.74, 6) is -0.0628. The van der Waals surface area contributed by atoms with Crippen molar-refractivity contribution in [2.75, 3.05) is 18.9 Å². The van der Waals surface area contributed by atoms with Crippen molar-refractivity contribution in [3.63, 3.8) is 0 Å². The fourth-order valence-corrected chi connectivity index (χ4v) is 2.68. The van der Waals surface area contributed by atoms with E-state index in [2.05, 4.69) is 5.32 Å². The molecule has 0 fully saturated rings. The van der Waals surface area contributed by atoms with Crippen LogP contribution < -0.4 is 11.1 Å². The van der Waals surface area contributed by atoms with Gasteiger partial charge in [-0.1, -0.05) is 0 Å². The summed E-state index contributed by atoms with van der Waals surface area (Å²) in [4.78, 5) is 12.7. The Labute approximate surface area is 116 Å². The Kier molecular flexibility index (Phi) is 4.39. The van der Waals surface area contributed by atoms with Crippen LogP contribution in [0.4, 0.5) is 5.69 Å². The number of thiophene rings is 1. The number of carbonyl (C=O) groups is 1. The molecule has 0 aliphatic carbocycles. The number of carbonyl (C=O) groups excluding carboxylic acids is 1. The smallest absolute Gasteiger partial charge is 0.261 e. The van der Waals surface area contributed by atoms with E-state index in [-0.39, 0.29) is 12.0 Å². The van der Waals surface area contributed by atoms with Crippen LogP contribution in [0.5, 0.6) is 0 Å². The second kappa shape index (κ2) is 6.04. The average molecular weight is 278 g/mol. The number of ether oxygens (including phenoxy) is 1. The Morgan fingerprint density at radius 2 is 2.21 bits per heavy atom. The maximum Gasteiger partial charge on any atom is 0.261 e. The lowest BCUT2D eigenvalue weighted by Gasteiger charge is -2.07. The number of nitrogens with two attached hydrogens (primary N) is 1. The molecule has 0 aliphatic heterocycles. The molecule has 2 rings (SSSR count). The first kappa shape index (κ1) is 13.8. The van der Waals surface area contributed by atoms with Crippen molar-refractivity contribution < 1.29 is 9.53 Å². The predicted octanol–water partition coefficient (Wildman–Crippen LogP) is 2.64. The molecule has 102 valence electrons. The van der Waals surface area contributed by atoms with E-state index >= 15 is 0 Å². The summed E-state index contributed by atoms with van der Waals surface area (Å²) in [6, 6.07) is 7.53. The van der Waals surface area contributed by atoms with Gasteiger partial charge in [0.05, 0.1) is 17.6 Å². The van der Waals surface area contributed by atoms with E-state index in [9.17, 15) is 4.79 Å². The van der Waals surface area contributed by atoms with Gasteiger partial charge in [-0.05, 0) is 43.5 Å². The Morgan fingerprint density at radius 3 is 2.95 bits per heavy atom. The van der Waals surface area contributed by atoms with Gasteiger partial charge in [-0.3, -0.25) is 4.79 Å². The minimum atomic E-state index is -0.0628. The van der Waals surface area contributed by atoms with Crippen LogP contribution in [0.2, 0.25) is 0 Å². The molecule has 1 amide bonds. The van der Waals surface area contributed by atoms with Gasteiger partial charge in [-0.15, -0.1) is 11.3 Å². The van der Waals surface area contributed by atoms with E-state index in [1.54, 1.807) is 0 Å². The van der Waals surface area contributed by atoms with Crippen molar-refractivity contribution in [3.05, 3.63) is 29.1 Å². The van der Waals surface area contributed by atoms with Gasteiger partial charge < -0.3 is 15.8 Å². The Hall–Kier alpha value is -1.59. The predicted molar refractivity (Wildman–Crippen MR) is 79.7 cm³/mol. The highest BCUT2D eigenvalue weighted by Crippen LogP contribution is 2.27. The van der Waals surface area contributed by atoms with Gasteiger partial charge in [0.15, 0.2) is 0 Å². The lowest BCUT2D eigenvalue weighted by Crippen LogP contribution is -2.27. The molecule has 3 N–H and O–H groups in total. The van der Waals surface area contributed by atoms with Crippen LogP contribution in [0.3, 0.4) is 0 Å². The molecule has 1 aromatic carbocycles. The zero-order valence-corrected chi connectivity index (χ0v) is 11.9. The molecule has 0 saturated heterocycles. The van der Waals surface area contributed by atoms with E-state index in [0.717, 1.165) is 10.1 Å². The third-order valence-electron chi connectivity index (χ3n) is 2.60. The van der Waals surface area contributed by atoms with Crippen molar-refractivity contribution in [3.8, 4) is 0 Å². The van der Waals surface area contributed by atoms with Gasteiger partial charge in [-0.25, -0.2) is 0 Å². The molecule has 5 heteroatoms. The maximum atomic E-state index is 12.0. The molecule has 1 heterocycles. The number of benzene rings is 1. The van der Waals surface area contributed by atoms with Crippen molar-refractivity contribution in [2.45, 2.75) is 20.0 Å². The summed E-state index contributed by atoms with van der Waals surface area (Å²) in [5, 5.41) is 3.85. The van der Waals surface area contributed by atoms with Gasteiger partial charge in [-0.2, -0.15) is 0 Å². The van der Waals surface area contributed by atoms with Crippen molar-refractivity contribution in [1.29, 1.82) is 0 Å². The lowest BCUT2D eigenvalue weighted by atomic mass is 10.2. The second-order valence-electron chi connectivity index (χ2n) is 4.58. The number of hydrogen-bond donors (Lipinski definition) is 2. The Bertz CT molecular complexity index is 578. The lowest BCUT2D eigenvalue weighted by molar-refractivity contribution is 0.0748. The fraction of sp³-hybridized carbons (Fsp3) is 0.357. The average Bonchev–Trinajstić information content (AvgIpc) is 2.77. The number of hydrogen-bond acceptors (Lipinski definition) is 4. The van der Waals surface area contributed by atoms with Crippen molar-refractivity contribution in [1.82, 2.24) is 5.32 Å². The van der Waals surface area contributed by atoms with E-state index in [1.165, 1.54) is 11.3 Å². The first-order valence-corrected chi connectivity index (χ1v) is 7.07. The molecule has 19 heavy (non-hydrogen) atoms. The first-order valence-electron chi connectivity index (χ1n) is 6.25. The summed E-state index contributed by atoms with van der Waals surface area (Å²) in [5.41, 5.74) is 6.43. The molecule has 4 nitrogen and oxygen atoms in total. The fourth-order valence-electron chi connectivity index (χ4n) is 1.72. The number of rotatable bonds is 5. The molecule has 0 aliphatic rings. The quantitative estimate of drug-likeness (QED) is 0.653. The molecule has 0 bridgehead atoms. The van der Waals surface area contributed by atoms with Crippen LogP contribution in [-0.2, 0) is 4.74 Å². The summed E-state index contributed by atoms with van der Waals surface area (Å²) in [7, 11) is 0. The molecular weight excluding hydrogens is 260 g/mol. The number of anilines is 1. The normalized spacial score (nSPS) is 11.1. The topological polar surface area (TPSA) is 64.3 Å². The van der Waals surface area contributed by atoms with Crippen LogP contribution in [0.1, 0.15) is 23.5 Å². The van der Waals surface area contributed by atoms with E-state index in [4.69, 9.17) is 10.5 Å². The monoisotopic (exact) mass is 278 g/mol. The highest BCUT2D eigenvalue weighted by atomic mass is 32.1. The van der Waals surface area contributed by atoms with Gasteiger partial charge in [0, 0.05) is 16.9 Å². The molecule has 0 saturated carbocycles. The summed E-state index contributed by atoms with van der Waals surface area (Å²) in [6.45, 7) is 4.99. The molecular formula is C14H18N2O2S. The van der Waals surface area contributed by atoms with Crippen LogP contribution in [-0.4, -0.2) is 25.2 Å². The van der Waals surface area contributed by atoms with E-state index < -0.39 is 0 Å². The number of nitrogen functional groups attached to an aromatic ring is 1. The van der Waals surface area contributed by atoms with Crippen LogP contribution in [0, 0.1) is 0 Å². The van der Waals surface area contributed by atoms with Crippen molar-refractivity contribution >= 4 is 33.0 Å². The SMILES string of the molecule is CC(C)OCCNC(=O)c1cc2cc(N)ccc2s1. The summed E-state index contributed by atoms with van der Waals surface area (Å²) < 4.78 is 6.44. The summed E-state index contributed by atoms with van der Waals surface area (Å²) in [6.07, 6.45) is 0.184. The van der Waals surface area contributed by atoms with Crippen molar-refractivity contribution in [2.24, 2.45) is 0 Å². The highest BCUT2D eigenvalue weighted by Gasteiger charge is 2.09. The zero-order chi connectivity index (χ0) is 13.8. The van der Waals surface area contributed by atoms with Crippen LogP contribution >= 0.6 is 11.3 Å². The van der Waals surface area contributed by atoms with E-state index in [1.807, 2.05) is 38.1 Å². The molecule has 0 unspecified atom stereocenters. The van der Waals surface area contributed by atoms with Gasteiger partial charge in [0.2, 0.25) is 0 Å². The first-order chi connectivity index (χ1) is 9.06. The third kappa shape index (κ3) is 3.68. The number of fused-ring (bicyclic) bond motifs is 1. The van der Waals surface area contributed by atoms with Crippen LogP contribution in [0.25, 0.3) is 10.1 Å². The minimum Gasteiger partial charge on any atom is -0.399 e. The van der Waals surface area contributed by atoms with E-state index in [0.29, 0.717) is 23.7 Å². The molecule has 1 aromatic heterocycles. The molecule has 0 radical (unpaired) electrons. The third-order valence-corrected chi connectivity index (χ3v) is 3.72. The second-order valence-corrected chi connectivity index (χ2v) is 5.67. The van der Waals surface area contributed by atoms with Gasteiger partial charge >= 0.3 is 0 Å². The molecule has 2 aromatic rings. The Balaban J connectivity index is 1.97. The largest absolute Gasteiger partial charge is 0.399 e. The Morgan fingerprint density at radius 1 is 1.42 bits per heavy atom. The van der Waals surface area contributed by atoms with Gasteiger partial charge in [0.25, 0.3) is 5.91 Å². The number of amides is 1. The minimum absolute atomic E-state index is 0.0628. The maximum absolute atomic E-state index is 12.0.